The van der Waals surface area contributed by atoms with Crippen LogP contribution in [0.2, 0.25) is 0 Å². The van der Waals surface area contributed by atoms with Crippen molar-refractivity contribution in [3.05, 3.63) is 53.5 Å². The molecule has 1 aliphatic rings. The average molecular weight is 395 g/mol. The topological polar surface area (TPSA) is 74.3 Å². The minimum Gasteiger partial charge on any atom is -0.325 e. The predicted octanol–water partition coefficient (Wildman–Crippen LogP) is 4.49. The molecule has 3 amide bonds. The highest BCUT2D eigenvalue weighted by Gasteiger charge is 2.27. The number of nitrogens with one attached hydrogen (secondary N) is 2. The largest absolute Gasteiger partial charge is 0.325 e. The van der Waals surface area contributed by atoms with Gasteiger partial charge in [-0.1, -0.05) is 18.2 Å². The maximum Gasteiger partial charge on any atom is 0.322 e. The van der Waals surface area contributed by atoms with Crippen molar-refractivity contribution >= 4 is 44.9 Å². The highest BCUT2D eigenvalue weighted by molar-refractivity contribution is 7.14. The van der Waals surface area contributed by atoms with E-state index < -0.39 is 0 Å². The molecule has 0 radical (unpaired) electrons. The van der Waals surface area contributed by atoms with Gasteiger partial charge in [0.25, 0.3) is 0 Å². The number of aryl methyl sites for hydroxylation is 1. The van der Waals surface area contributed by atoms with Crippen molar-refractivity contribution in [3.8, 4) is 0 Å². The Morgan fingerprint density at radius 1 is 1.11 bits per heavy atom. The zero-order valence-electron chi connectivity index (χ0n) is 15.6. The van der Waals surface area contributed by atoms with Gasteiger partial charge in [0, 0.05) is 30.1 Å². The fraction of sp³-hybridized carbons (Fsp3) is 0.286. The van der Waals surface area contributed by atoms with Crippen LogP contribution in [0.25, 0.3) is 10.9 Å². The molecule has 6 nitrogen and oxygen atoms in total. The van der Waals surface area contributed by atoms with E-state index in [1.54, 1.807) is 4.90 Å². The van der Waals surface area contributed by atoms with Gasteiger partial charge in [0.2, 0.25) is 5.91 Å². The summed E-state index contributed by atoms with van der Waals surface area (Å²) in [4.78, 5) is 31.4. The second-order valence-corrected chi connectivity index (χ2v) is 7.93. The molecule has 1 saturated heterocycles. The van der Waals surface area contributed by atoms with E-state index in [9.17, 15) is 9.59 Å². The Morgan fingerprint density at radius 2 is 1.89 bits per heavy atom. The summed E-state index contributed by atoms with van der Waals surface area (Å²) < 4.78 is 0. The maximum absolute atomic E-state index is 12.8. The van der Waals surface area contributed by atoms with Crippen molar-refractivity contribution in [1.82, 2.24) is 9.88 Å². The summed E-state index contributed by atoms with van der Waals surface area (Å²) in [5, 5.41) is 9.68. The van der Waals surface area contributed by atoms with E-state index in [1.165, 1.54) is 11.3 Å². The number of fused-ring (bicyclic) bond motifs is 1. The number of para-hydroxylation sites is 1. The number of nitrogens with zero attached hydrogens (tertiary/aromatic N) is 2. The van der Waals surface area contributed by atoms with Crippen LogP contribution in [0.5, 0.6) is 0 Å². The molecule has 0 unspecified atom stereocenters. The van der Waals surface area contributed by atoms with Crippen molar-refractivity contribution in [3.63, 3.8) is 0 Å². The number of urea groups is 1. The summed E-state index contributed by atoms with van der Waals surface area (Å²) >= 11 is 1.50. The minimum absolute atomic E-state index is 0.00840. The SMILES string of the molecule is Cc1cc(NC(=O)C2CCN(C(=O)Nc3cccs3)CC2)c2ccccc2n1. The van der Waals surface area contributed by atoms with E-state index in [2.05, 4.69) is 15.6 Å². The molecule has 2 N–H and O–H groups in total. The number of anilines is 2. The van der Waals surface area contributed by atoms with E-state index in [4.69, 9.17) is 0 Å². The van der Waals surface area contributed by atoms with Crippen molar-refractivity contribution < 1.29 is 9.59 Å². The average Bonchev–Trinajstić information content (AvgIpc) is 3.21. The molecule has 0 bridgehead atoms. The van der Waals surface area contributed by atoms with Crippen LogP contribution < -0.4 is 10.6 Å². The molecule has 0 aliphatic carbocycles. The normalized spacial score (nSPS) is 14.8. The second-order valence-electron chi connectivity index (χ2n) is 6.99. The lowest BCUT2D eigenvalue weighted by Gasteiger charge is -2.31. The number of thiophene rings is 1. The minimum atomic E-state index is -0.0999. The Balaban J connectivity index is 1.38. The molecule has 1 fully saturated rings. The van der Waals surface area contributed by atoms with E-state index in [0.717, 1.165) is 27.3 Å². The van der Waals surface area contributed by atoms with Gasteiger partial charge in [0.1, 0.15) is 0 Å². The molecular weight excluding hydrogens is 372 g/mol. The molecule has 0 spiro atoms. The first-order valence-electron chi connectivity index (χ1n) is 9.37. The van der Waals surface area contributed by atoms with Crippen molar-refractivity contribution in [1.29, 1.82) is 0 Å². The van der Waals surface area contributed by atoms with Crippen LogP contribution in [-0.4, -0.2) is 34.9 Å². The highest BCUT2D eigenvalue weighted by atomic mass is 32.1. The number of rotatable bonds is 3. The van der Waals surface area contributed by atoms with Crippen molar-refractivity contribution in [2.75, 3.05) is 23.7 Å². The summed E-state index contributed by atoms with van der Waals surface area (Å²) in [6, 6.07) is 13.4. The lowest BCUT2D eigenvalue weighted by Crippen LogP contribution is -2.43. The van der Waals surface area contributed by atoms with Crippen LogP contribution in [0.15, 0.2) is 47.8 Å². The molecule has 144 valence electrons. The summed E-state index contributed by atoms with van der Waals surface area (Å²) in [5.74, 6) is -0.0907. The van der Waals surface area contributed by atoms with Gasteiger partial charge in [-0.05, 0) is 49.4 Å². The molecule has 28 heavy (non-hydrogen) atoms. The number of carbonyl (C=O) groups excluding carboxylic acids is 2. The van der Waals surface area contributed by atoms with Crippen molar-refractivity contribution in [2.45, 2.75) is 19.8 Å². The summed E-state index contributed by atoms with van der Waals surface area (Å²) in [6.07, 6.45) is 1.32. The Morgan fingerprint density at radius 3 is 2.64 bits per heavy atom. The lowest BCUT2D eigenvalue weighted by molar-refractivity contribution is -0.121. The third kappa shape index (κ3) is 3.99. The van der Waals surface area contributed by atoms with Gasteiger partial charge in [-0.15, -0.1) is 11.3 Å². The summed E-state index contributed by atoms with van der Waals surface area (Å²) in [5.41, 5.74) is 2.54. The Bertz CT molecular complexity index is 995. The lowest BCUT2D eigenvalue weighted by atomic mass is 9.96. The van der Waals surface area contributed by atoms with Crippen LogP contribution >= 0.6 is 11.3 Å². The van der Waals surface area contributed by atoms with Crippen LogP contribution in [0.4, 0.5) is 15.5 Å². The first-order valence-corrected chi connectivity index (χ1v) is 10.2. The van der Waals surface area contributed by atoms with Gasteiger partial charge in [0.05, 0.1) is 16.2 Å². The number of pyridine rings is 1. The number of hydrogen-bond donors (Lipinski definition) is 2. The van der Waals surface area contributed by atoms with Crippen LogP contribution in [0.3, 0.4) is 0 Å². The highest BCUT2D eigenvalue weighted by Crippen LogP contribution is 2.26. The molecular formula is C21H22N4O2S. The Hall–Kier alpha value is -2.93. The van der Waals surface area contributed by atoms with Gasteiger partial charge < -0.3 is 10.2 Å². The molecule has 2 aromatic heterocycles. The third-order valence-electron chi connectivity index (χ3n) is 5.01. The Labute approximate surface area is 167 Å². The van der Waals surface area contributed by atoms with Crippen LogP contribution in [0.1, 0.15) is 18.5 Å². The molecule has 0 atom stereocenters. The summed E-state index contributed by atoms with van der Waals surface area (Å²) in [6.45, 7) is 3.07. The number of aromatic nitrogens is 1. The molecule has 3 heterocycles. The monoisotopic (exact) mass is 394 g/mol. The van der Waals surface area contributed by atoms with E-state index in [-0.39, 0.29) is 17.9 Å². The van der Waals surface area contributed by atoms with Gasteiger partial charge in [-0.2, -0.15) is 0 Å². The molecule has 0 saturated carbocycles. The zero-order valence-corrected chi connectivity index (χ0v) is 16.5. The van der Waals surface area contributed by atoms with Crippen molar-refractivity contribution in [2.24, 2.45) is 5.92 Å². The third-order valence-corrected chi connectivity index (χ3v) is 5.79. The first-order chi connectivity index (χ1) is 13.6. The molecule has 7 heteroatoms. The fourth-order valence-electron chi connectivity index (χ4n) is 3.52. The molecule has 1 aliphatic heterocycles. The number of benzene rings is 1. The number of carbonyl (C=O) groups is 2. The van der Waals surface area contributed by atoms with E-state index in [1.807, 2.05) is 54.8 Å². The van der Waals surface area contributed by atoms with Gasteiger partial charge >= 0.3 is 6.03 Å². The quantitative estimate of drug-likeness (QED) is 0.687. The fourth-order valence-corrected chi connectivity index (χ4v) is 4.13. The zero-order chi connectivity index (χ0) is 19.5. The van der Waals surface area contributed by atoms with Gasteiger partial charge in [-0.25, -0.2) is 4.79 Å². The molecule has 3 aromatic rings. The Kier molecular flexibility index (Phi) is 5.25. The molecule has 1 aromatic carbocycles. The van der Waals surface area contributed by atoms with Gasteiger partial charge in [-0.3, -0.25) is 15.1 Å². The molecule has 4 rings (SSSR count). The predicted molar refractivity (Wildman–Crippen MR) is 113 cm³/mol. The van der Waals surface area contributed by atoms with E-state index in [0.29, 0.717) is 25.9 Å². The first kappa shape index (κ1) is 18.4. The van der Waals surface area contributed by atoms with Gasteiger partial charge in [0.15, 0.2) is 0 Å². The standard InChI is InChI=1S/C21H22N4O2S/c1-14-13-18(16-5-2-3-6-17(16)22-14)23-20(26)15-8-10-25(11-9-15)21(27)24-19-7-4-12-28-19/h2-7,12-13,15H,8-11H2,1H3,(H,24,27)(H,22,23,26). The number of hydrogen-bond acceptors (Lipinski definition) is 4. The van der Waals surface area contributed by atoms with Crippen LogP contribution in [0, 0.1) is 12.8 Å². The smallest absolute Gasteiger partial charge is 0.322 e. The number of piperidine rings is 1. The summed E-state index contributed by atoms with van der Waals surface area (Å²) in [7, 11) is 0. The van der Waals surface area contributed by atoms with E-state index >= 15 is 0 Å². The maximum atomic E-state index is 12.8. The number of amides is 3. The van der Waals surface area contributed by atoms with Crippen LogP contribution in [-0.2, 0) is 4.79 Å². The number of likely N-dealkylation sites (tertiary alicyclic amines) is 1. The second kappa shape index (κ2) is 7.98.